The van der Waals surface area contributed by atoms with E-state index in [2.05, 4.69) is 10.3 Å². The molecule has 2 aliphatic heterocycles. The number of fused-ring (bicyclic) bond motifs is 1. The molecule has 1 saturated heterocycles. The lowest BCUT2D eigenvalue weighted by Crippen LogP contribution is -2.39. The third-order valence-electron chi connectivity index (χ3n) is 4.83. The van der Waals surface area contributed by atoms with Gasteiger partial charge >= 0.3 is 0 Å². The van der Waals surface area contributed by atoms with Crippen LogP contribution in [0.2, 0.25) is 0 Å². The number of nitrogens with zero attached hydrogens (tertiary/aromatic N) is 1. The molecule has 1 aromatic rings. The molecule has 146 valence electrons. The number of halogens is 2. The summed E-state index contributed by atoms with van der Waals surface area (Å²) >= 11 is 0. The van der Waals surface area contributed by atoms with Crippen molar-refractivity contribution in [2.75, 3.05) is 18.5 Å². The van der Waals surface area contributed by atoms with Crippen molar-refractivity contribution in [3.8, 4) is 0 Å². The van der Waals surface area contributed by atoms with Gasteiger partial charge in [0.1, 0.15) is 5.82 Å². The first kappa shape index (κ1) is 20.7. The molecule has 26 heavy (non-hydrogen) atoms. The maximum absolute atomic E-state index is 14.2. The number of carbonyl (C=O) groups is 1. The maximum atomic E-state index is 14.2. The first-order valence-corrected chi connectivity index (χ1v) is 9.52. The molecule has 4 rings (SSSR count). The van der Waals surface area contributed by atoms with Gasteiger partial charge in [0, 0.05) is 18.4 Å². The lowest BCUT2D eigenvalue weighted by molar-refractivity contribution is -0.188. The molecule has 2 fully saturated rings. The highest BCUT2D eigenvalue weighted by atomic mass is 19.2. The normalized spacial score (nSPS) is 25.5. The number of rotatable bonds is 1. The van der Waals surface area contributed by atoms with Crippen molar-refractivity contribution < 1.29 is 23.0 Å². The first-order valence-electron chi connectivity index (χ1n) is 9.52. The highest BCUT2D eigenvalue weighted by molar-refractivity contribution is 6.02. The van der Waals surface area contributed by atoms with Gasteiger partial charge in [-0.25, -0.2) is 13.8 Å². The summed E-state index contributed by atoms with van der Waals surface area (Å²) in [5, 5.41) is 2.55. The van der Waals surface area contributed by atoms with Gasteiger partial charge in [0.2, 0.25) is 5.91 Å². The first-order chi connectivity index (χ1) is 12.6. The minimum absolute atomic E-state index is 0.0463. The molecular weight excluding hydrogens is 342 g/mol. The second-order valence-corrected chi connectivity index (χ2v) is 6.11. The summed E-state index contributed by atoms with van der Waals surface area (Å²) in [6.07, 6.45) is 3.66. The smallest absolute Gasteiger partial charge is 0.233 e. The number of hydrogen-bond acceptors (Lipinski definition) is 4. The highest BCUT2D eigenvalue weighted by Gasteiger charge is 2.48. The summed E-state index contributed by atoms with van der Waals surface area (Å²) in [5.41, 5.74) is 0.0463. The topological polar surface area (TPSA) is 60.5 Å². The number of carbonyl (C=O) groups excluding carboxylic acids is 1. The zero-order valence-electron chi connectivity index (χ0n) is 15.9. The van der Waals surface area contributed by atoms with Crippen molar-refractivity contribution >= 4 is 11.7 Å². The van der Waals surface area contributed by atoms with Crippen molar-refractivity contribution in [2.24, 2.45) is 5.92 Å². The van der Waals surface area contributed by atoms with Crippen LogP contribution < -0.4 is 5.32 Å². The highest BCUT2D eigenvalue weighted by Crippen LogP contribution is 2.48. The van der Waals surface area contributed by atoms with Crippen LogP contribution in [0.5, 0.6) is 0 Å². The Morgan fingerprint density at radius 3 is 2.50 bits per heavy atom. The molecule has 5 nitrogen and oxygen atoms in total. The number of ether oxygens (including phenoxy) is 2. The predicted molar refractivity (Wildman–Crippen MR) is 94.8 cm³/mol. The second-order valence-electron chi connectivity index (χ2n) is 6.11. The number of anilines is 1. The fourth-order valence-electron chi connectivity index (χ4n) is 3.92. The van der Waals surface area contributed by atoms with Gasteiger partial charge < -0.3 is 14.8 Å². The van der Waals surface area contributed by atoms with Crippen LogP contribution in [0.3, 0.4) is 0 Å². The van der Waals surface area contributed by atoms with Crippen LogP contribution in [0, 0.1) is 17.6 Å². The molecule has 1 aromatic heterocycles. The Balaban J connectivity index is 0.000000570. The van der Waals surface area contributed by atoms with Crippen LogP contribution in [0.15, 0.2) is 6.20 Å². The molecule has 1 saturated carbocycles. The van der Waals surface area contributed by atoms with E-state index in [1.165, 1.54) is 0 Å². The Hall–Kier alpha value is -1.60. The molecule has 1 N–H and O–H groups in total. The molecule has 3 heterocycles. The van der Waals surface area contributed by atoms with Gasteiger partial charge in [-0.05, 0) is 18.8 Å². The van der Waals surface area contributed by atoms with E-state index >= 15 is 0 Å². The fourth-order valence-corrected chi connectivity index (χ4v) is 3.92. The summed E-state index contributed by atoms with van der Waals surface area (Å²) in [6.45, 7) is 9.06. The molecule has 1 aliphatic carbocycles. The van der Waals surface area contributed by atoms with Crippen LogP contribution >= 0.6 is 0 Å². The molecule has 2 unspecified atom stereocenters. The molecule has 1 amide bonds. The Morgan fingerprint density at radius 2 is 1.85 bits per heavy atom. The average Bonchev–Trinajstić information content (AvgIpc) is 3.26. The second kappa shape index (κ2) is 8.86. The van der Waals surface area contributed by atoms with Crippen LogP contribution in [0.1, 0.15) is 64.9 Å². The Kier molecular flexibility index (Phi) is 7.06. The van der Waals surface area contributed by atoms with E-state index in [-0.39, 0.29) is 23.2 Å². The van der Waals surface area contributed by atoms with Crippen molar-refractivity contribution in [1.82, 2.24) is 4.98 Å². The molecule has 7 heteroatoms. The minimum Gasteiger partial charge on any atom is -0.348 e. The number of aromatic nitrogens is 1. The number of amides is 1. The number of pyridine rings is 1. The molecule has 2 atom stereocenters. The van der Waals surface area contributed by atoms with E-state index in [1.54, 1.807) is 0 Å². The van der Waals surface area contributed by atoms with E-state index in [4.69, 9.17) is 9.47 Å². The monoisotopic (exact) mass is 370 g/mol. The van der Waals surface area contributed by atoms with Crippen LogP contribution in [-0.4, -0.2) is 29.9 Å². The third-order valence-corrected chi connectivity index (χ3v) is 4.83. The Morgan fingerprint density at radius 1 is 1.19 bits per heavy atom. The lowest BCUT2D eigenvalue weighted by atomic mass is 9.75. The van der Waals surface area contributed by atoms with Gasteiger partial charge in [-0.15, -0.1) is 0 Å². The van der Waals surface area contributed by atoms with Crippen LogP contribution in [0.4, 0.5) is 14.6 Å². The van der Waals surface area contributed by atoms with Crippen molar-refractivity contribution in [3.05, 3.63) is 23.4 Å². The van der Waals surface area contributed by atoms with Crippen LogP contribution in [-0.2, 0) is 14.3 Å². The van der Waals surface area contributed by atoms with E-state index in [0.717, 1.165) is 25.5 Å². The largest absolute Gasteiger partial charge is 0.348 e. The molecule has 3 aliphatic rings. The zero-order chi connectivity index (χ0) is 19.3. The van der Waals surface area contributed by atoms with E-state index in [1.807, 2.05) is 27.7 Å². The van der Waals surface area contributed by atoms with Gasteiger partial charge in [-0.2, -0.15) is 0 Å². The van der Waals surface area contributed by atoms with E-state index < -0.39 is 23.3 Å². The predicted octanol–water partition coefficient (Wildman–Crippen LogP) is 4.38. The summed E-state index contributed by atoms with van der Waals surface area (Å²) in [7, 11) is 0. The van der Waals surface area contributed by atoms with Gasteiger partial charge in [-0.1, -0.05) is 27.7 Å². The SMILES string of the molecule is CC.CC.O=C1Nc2ncc(F)c(F)c2C1C1CCCC2(C1)OCCO2. The fraction of sp³-hybridized carbons (Fsp3) is 0.684. The lowest BCUT2D eigenvalue weighted by Gasteiger charge is -2.38. The average molecular weight is 370 g/mol. The van der Waals surface area contributed by atoms with Gasteiger partial charge in [-0.3, -0.25) is 4.79 Å². The van der Waals surface area contributed by atoms with E-state index in [0.29, 0.717) is 19.6 Å². The van der Waals surface area contributed by atoms with Gasteiger partial charge in [0.15, 0.2) is 17.4 Å². The molecule has 0 bridgehead atoms. The zero-order valence-corrected chi connectivity index (χ0v) is 15.9. The third kappa shape index (κ3) is 3.74. The minimum atomic E-state index is -1.03. The summed E-state index contributed by atoms with van der Waals surface area (Å²) in [4.78, 5) is 16.1. The van der Waals surface area contributed by atoms with Gasteiger partial charge in [0.25, 0.3) is 0 Å². The number of nitrogens with one attached hydrogen (secondary N) is 1. The molecule has 1 spiro atoms. The van der Waals surface area contributed by atoms with Crippen molar-refractivity contribution in [3.63, 3.8) is 0 Å². The molecule has 0 radical (unpaired) electrons. The Labute approximate surface area is 153 Å². The maximum Gasteiger partial charge on any atom is 0.233 e. The molecular formula is C19H28F2N2O3. The van der Waals surface area contributed by atoms with Gasteiger partial charge in [0.05, 0.1) is 25.3 Å². The van der Waals surface area contributed by atoms with Crippen molar-refractivity contribution in [1.29, 1.82) is 0 Å². The standard InChI is InChI=1S/C15H16F2N2O3.2C2H6/c16-9-7-18-13-11(12(9)17)10(14(20)19-13)8-2-1-3-15(6-8)21-4-5-22-15;2*1-2/h7-8,10H,1-6H2,(H,18,19,20);2*1-2H3. The summed E-state index contributed by atoms with van der Waals surface area (Å²) in [5.74, 6) is -3.76. The number of hydrogen-bond donors (Lipinski definition) is 1. The molecule has 0 aromatic carbocycles. The Bertz CT molecular complexity index is 633. The quantitative estimate of drug-likeness (QED) is 0.797. The van der Waals surface area contributed by atoms with Crippen molar-refractivity contribution in [2.45, 2.75) is 65.1 Å². The van der Waals surface area contributed by atoms with Crippen LogP contribution in [0.25, 0.3) is 0 Å². The van der Waals surface area contributed by atoms with E-state index in [9.17, 15) is 13.6 Å². The summed E-state index contributed by atoms with van der Waals surface area (Å²) < 4.78 is 39.1. The summed E-state index contributed by atoms with van der Waals surface area (Å²) in [6, 6.07) is 0.